The topological polar surface area (TPSA) is 99.0 Å². The number of nitrogens with one attached hydrogen (secondary N) is 1. The lowest BCUT2D eigenvalue weighted by Gasteiger charge is -2.12. The van der Waals surface area contributed by atoms with Gasteiger partial charge in [0.05, 0.1) is 10.7 Å². The van der Waals surface area contributed by atoms with Crippen molar-refractivity contribution in [2.75, 3.05) is 4.72 Å². The monoisotopic (exact) mass is 503 g/mol. The predicted octanol–water partition coefficient (Wildman–Crippen LogP) is 5.49. The summed E-state index contributed by atoms with van der Waals surface area (Å²) in [4.78, 5) is 13.0. The van der Waals surface area contributed by atoms with Crippen LogP contribution in [0.4, 0.5) is 5.69 Å². The number of hydrogen-bond donors (Lipinski definition) is 1. The molecule has 33 heavy (non-hydrogen) atoms. The van der Waals surface area contributed by atoms with Crippen molar-refractivity contribution in [3.8, 4) is 17.4 Å². The van der Waals surface area contributed by atoms with Gasteiger partial charge in [0.25, 0.3) is 10.0 Å². The third-order valence-electron chi connectivity index (χ3n) is 4.81. The first kappa shape index (κ1) is 23.0. The average molecular weight is 504 g/mol. The van der Waals surface area contributed by atoms with Crippen LogP contribution >= 0.6 is 23.2 Å². The molecule has 0 unspecified atom stereocenters. The Kier molecular flexibility index (Phi) is 6.29. The van der Waals surface area contributed by atoms with Crippen molar-refractivity contribution in [1.29, 1.82) is 0 Å². The molecular formula is C22H19Cl2N5O3S. The number of imidazole rings is 1. The highest BCUT2D eigenvalue weighted by molar-refractivity contribution is 7.92. The Morgan fingerprint density at radius 2 is 1.70 bits per heavy atom. The largest absolute Gasteiger partial charge is 0.439 e. The Morgan fingerprint density at radius 1 is 0.970 bits per heavy atom. The molecule has 0 radical (unpaired) electrons. The van der Waals surface area contributed by atoms with E-state index < -0.39 is 10.0 Å². The summed E-state index contributed by atoms with van der Waals surface area (Å²) in [6, 6.07) is 12.3. The van der Waals surface area contributed by atoms with Gasteiger partial charge in [0.2, 0.25) is 5.88 Å². The number of sulfonamides is 1. The van der Waals surface area contributed by atoms with Gasteiger partial charge in [-0.05, 0) is 63.2 Å². The van der Waals surface area contributed by atoms with Gasteiger partial charge in [0, 0.05) is 22.5 Å². The molecule has 0 aliphatic rings. The van der Waals surface area contributed by atoms with Gasteiger partial charge < -0.3 is 4.74 Å². The van der Waals surface area contributed by atoms with Crippen LogP contribution in [0.1, 0.15) is 17.2 Å². The van der Waals surface area contributed by atoms with Crippen molar-refractivity contribution in [1.82, 2.24) is 19.5 Å². The summed E-state index contributed by atoms with van der Waals surface area (Å²) in [7, 11) is -3.92. The molecule has 4 rings (SSSR count). The zero-order valence-electron chi connectivity index (χ0n) is 17.9. The fourth-order valence-electron chi connectivity index (χ4n) is 3.04. The van der Waals surface area contributed by atoms with Gasteiger partial charge in [-0.2, -0.15) is 4.98 Å². The van der Waals surface area contributed by atoms with E-state index in [1.54, 1.807) is 43.6 Å². The maximum Gasteiger partial charge on any atom is 0.263 e. The van der Waals surface area contributed by atoms with E-state index in [2.05, 4.69) is 19.7 Å². The number of rotatable bonds is 6. The Bertz CT molecular complexity index is 1440. The molecule has 0 aliphatic heterocycles. The molecule has 0 bridgehead atoms. The van der Waals surface area contributed by atoms with Crippen LogP contribution in [0.5, 0.6) is 11.6 Å². The first-order valence-electron chi connectivity index (χ1n) is 9.75. The molecule has 2 aromatic carbocycles. The zero-order valence-corrected chi connectivity index (χ0v) is 20.2. The fourth-order valence-corrected chi connectivity index (χ4v) is 4.86. The van der Waals surface area contributed by atoms with Crippen molar-refractivity contribution >= 4 is 38.9 Å². The van der Waals surface area contributed by atoms with Crippen LogP contribution in [0.2, 0.25) is 10.0 Å². The van der Waals surface area contributed by atoms with Crippen LogP contribution in [-0.2, 0) is 10.0 Å². The minimum absolute atomic E-state index is 0.0742. The number of aromatic nitrogens is 4. The number of aryl methyl sites for hydroxylation is 2. The highest BCUT2D eigenvalue weighted by Gasteiger charge is 2.19. The standard InChI is InChI=1S/C22H19Cl2N5O3S/c1-13-14(2)29(12-25-13)21-11-22(27-15(3)26-21)32-18-7-5-17(6-8-18)28-33(30,31)20-10-16(23)4-9-19(20)24/h4-12,28H,1-3H3. The summed E-state index contributed by atoms with van der Waals surface area (Å²) >= 11 is 11.9. The van der Waals surface area contributed by atoms with Gasteiger partial charge in [-0.1, -0.05) is 23.2 Å². The zero-order chi connectivity index (χ0) is 23.8. The SMILES string of the molecule is Cc1nc(Oc2ccc(NS(=O)(=O)c3cc(Cl)ccc3Cl)cc2)cc(-n2cnc(C)c2C)n1. The normalized spacial score (nSPS) is 11.4. The lowest BCUT2D eigenvalue weighted by Crippen LogP contribution is -2.13. The van der Waals surface area contributed by atoms with E-state index in [9.17, 15) is 8.42 Å². The van der Waals surface area contributed by atoms with E-state index in [0.717, 1.165) is 11.4 Å². The Balaban J connectivity index is 1.54. The number of hydrogen-bond acceptors (Lipinski definition) is 6. The summed E-state index contributed by atoms with van der Waals surface area (Å²) in [6.45, 7) is 5.65. The van der Waals surface area contributed by atoms with Crippen molar-refractivity contribution in [2.45, 2.75) is 25.7 Å². The molecule has 8 nitrogen and oxygen atoms in total. The summed E-state index contributed by atoms with van der Waals surface area (Å²) in [5, 5.41) is 0.342. The molecule has 0 spiro atoms. The molecule has 0 fully saturated rings. The Labute approximate surface area is 201 Å². The highest BCUT2D eigenvalue weighted by Crippen LogP contribution is 2.28. The summed E-state index contributed by atoms with van der Waals surface area (Å²) in [5.41, 5.74) is 2.21. The van der Waals surface area contributed by atoms with E-state index in [1.165, 1.54) is 18.2 Å². The molecule has 0 saturated carbocycles. The van der Waals surface area contributed by atoms with Gasteiger partial charge in [0.15, 0.2) is 0 Å². The quantitative estimate of drug-likeness (QED) is 0.373. The summed E-state index contributed by atoms with van der Waals surface area (Å²) < 4.78 is 35.6. The average Bonchev–Trinajstić information content (AvgIpc) is 3.09. The molecule has 0 aliphatic carbocycles. The first-order chi connectivity index (χ1) is 15.6. The number of anilines is 1. The molecule has 170 valence electrons. The van der Waals surface area contributed by atoms with Crippen LogP contribution in [0.3, 0.4) is 0 Å². The number of ether oxygens (including phenoxy) is 1. The second-order valence-electron chi connectivity index (χ2n) is 7.20. The lowest BCUT2D eigenvalue weighted by molar-refractivity contribution is 0.459. The molecule has 2 aromatic heterocycles. The van der Waals surface area contributed by atoms with Crippen LogP contribution in [0.15, 0.2) is 59.8 Å². The molecule has 11 heteroatoms. The van der Waals surface area contributed by atoms with Crippen LogP contribution < -0.4 is 9.46 Å². The number of benzene rings is 2. The van der Waals surface area contributed by atoms with E-state index in [4.69, 9.17) is 27.9 Å². The van der Waals surface area contributed by atoms with Gasteiger partial charge in [-0.15, -0.1) is 0 Å². The first-order valence-corrected chi connectivity index (χ1v) is 12.0. The van der Waals surface area contributed by atoms with E-state index in [0.29, 0.717) is 29.0 Å². The minimum atomic E-state index is -3.92. The molecule has 1 N–H and O–H groups in total. The second kappa shape index (κ2) is 9.01. The maximum atomic E-state index is 12.7. The number of nitrogens with zero attached hydrogens (tertiary/aromatic N) is 4. The van der Waals surface area contributed by atoms with Crippen molar-refractivity contribution in [3.63, 3.8) is 0 Å². The third-order valence-corrected chi connectivity index (χ3v) is 6.91. The Morgan fingerprint density at radius 3 is 2.36 bits per heavy atom. The van der Waals surface area contributed by atoms with Crippen LogP contribution in [0.25, 0.3) is 5.82 Å². The number of halogens is 2. The fraction of sp³-hybridized carbons (Fsp3) is 0.136. The van der Waals surface area contributed by atoms with Gasteiger partial charge in [0.1, 0.15) is 28.6 Å². The van der Waals surface area contributed by atoms with Gasteiger partial charge >= 0.3 is 0 Å². The molecule has 4 aromatic rings. The van der Waals surface area contributed by atoms with Crippen molar-refractivity contribution < 1.29 is 13.2 Å². The molecule has 0 amide bonds. The van der Waals surface area contributed by atoms with Crippen molar-refractivity contribution in [3.05, 3.63) is 82.1 Å². The lowest BCUT2D eigenvalue weighted by atomic mass is 10.3. The third kappa shape index (κ3) is 5.11. The molecule has 0 saturated heterocycles. The summed E-state index contributed by atoms with van der Waals surface area (Å²) in [6.07, 6.45) is 1.70. The Hall–Kier alpha value is -3.14. The highest BCUT2D eigenvalue weighted by atomic mass is 35.5. The van der Waals surface area contributed by atoms with Crippen molar-refractivity contribution in [2.24, 2.45) is 0 Å². The summed E-state index contributed by atoms with van der Waals surface area (Å²) in [5.74, 6) is 2.00. The smallest absolute Gasteiger partial charge is 0.263 e. The molecular weight excluding hydrogens is 485 g/mol. The van der Waals surface area contributed by atoms with Gasteiger partial charge in [-0.25, -0.2) is 18.4 Å². The molecule has 2 heterocycles. The molecule has 0 atom stereocenters. The minimum Gasteiger partial charge on any atom is -0.439 e. The van der Waals surface area contributed by atoms with E-state index >= 15 is 0 Å². The van der Waals surface area contributed by atoms with Gasteiger partial charge in [-0.3, -0.25) is 9.29 Å². The van der Waals surface area contributed by atoms with E-state index in [-0.39, 0.29) is 14.9 Å². The predicted molar refractivity (Wildman–Crippen MR) is 127 cm³/mol. The van der Waals surface area contributed by atoms with Crippen LogP contribution in [0, 0.1) is 20.8 Å². The van der Waals surface area contributed by atoms with E-state index in [1.807, 2.05) is 18.4 Å². The van der Waals surface area contributed by atoms with Crippen LogP contribution in [-0.4, -0.2) is 27.9 Å². The second-order valence-corrected chi connectivity index (χ2v) is 9.70. The maximum absolute atomic E-state index is 12.7.